The van der Waals surface area contributed by atoms with Gasteiger partial charge in [-0.3, -0.25) is 14.3 Å². The van der Waals surface area contributed by atoms with Gasteiger partial charge in [-0.1, -0.05) is 0 Å². The summed E-state index contributed by atoms with van der Waals surface area (Å²) in [5, 5.41) is 9.18. The summed E-state index contributed by atoms with van der Waals surface area (Å²) in [5.74, 6) is 0. The lowest BCUT2D eigenvalue weighted by molar-refractivity contribution is 0.260. The molecule has 0 spiro atoms. The van der Waals surface area contributed by atoms with Gasteiger partial charge in [-0.2, -0.15) is 10.2 Å². The summed E-state index contributed by atoms with van der Waals surface area (Å²) in [4.78, 5) is 2.42. The van der Waals surface area contributed by atoms with E-state index in [0.717, 1.165) is 62.5 Å². The van der Waals surface area contributed by atoms with E-state index in [1.165, 1.54) is 11.3 Å². The molecule has 2 aromatic heterocycles. The Morgan fingerprint density at radius 2 is 2.00 bits per heavy atom. The molecule has 0 amide bonds. The molecule has 1 aliphatic heterocycles. The molecule has 2 aromatic rings. The lowest BCUT2D eigenvalue weighted by Crippen LogP contribution is -2.23. The standard InChI is InChI=1S/C17H28N6O2S/c1-5-22-14(3)17(13(2)19-22)12-21-7-6-8-23-16(11-21)9-15(20-23)10-18-26(4,24)25/h9,18H,5-8,10-12H2,1-4H3. The fourth-order valence-corrected chi connectivity index (χ4v) is 3.92. The van der Waals surface area contributed by atoms with Crippen LogP contribution in [0.25, 0.3) is 0 Å². The molecular formula is C17H28N6O2S. The van der Waals surface area contributed by atoms with Gasteiger partial charge in [0, 0.05) is 44.0 Å². The van der Waals surface area contributed by atoms with Crippen molar-refractivity contribution in [3.8, 4) is 0 Å². The Morgan fingerprint density at radius 1 is 1.23 bits per heavy atom. The first-order valence-electron chi connectivity index (χ1n) is 9.02. The van der Waals surface area contributed by atoms with E-state index in [4.69, 9.17) is 0 Å². The zero-order valence-corrected chi connectivity index (χ0v) is 16.8. The van der Waals surface area contributed by atoms with Gasteiger partial charge in [-0.25, -0.2) is 13.1 Å². The van der Waals surface area contributed by atoms with Crippen molar-refractivity contribution >= 4 is 10.0 Å². The molecule has 0 aromatic carbocycles. The topological polar surface area (TPSA) is 85.1 Å². The number of hydrogen-bond donors (Lipinski definition) is 1. The van der Waals surface area contributed by atoms with Crippen molar-refractivity contribution in [3.63, 3.8) is 0 Å². The molecule has 0 atom stereocenters. The maximum Gasteiger partial charge on any atom is 0.209 e. The number of aromatic nitrogens is 4. The maximum absolute atomic E-state index is 11.3. The van der Waals surface area contributed by atoms with Crippen LogP contribution in [0.5, 0.6) is 0 Å². The average molecular weight is 381 g/mol. The summed E-state index contributed by atoms with van der Waals surface area (Å²) in [5.41, 5.74) is 5.53. The monoisotopic (exact) mass is 380 g/mol. The Labute approximate surface area is 155 Å². The Balaban J connectivity index is 1.73. The first-order chi connectivity index (χ1) is 12.3. The zero-order chi connectivity index (χ0) is 18.9. The predicted octanol–water partition coefficient (Wildman–Crippen LogP) is 1.17. The molecule has 0 bridgehead atoms. The molecule has 0 unspecified atom stereocenters. The van der Waals surface area contributed by atoms with Crippen LogP contribution in [0.1, 0.15) is 41.7 Å². The molecule has 9 heteroatoms. The Bertz CT molecular complexity index is 883. The lowest BCUT2D eigenvalue weighted by atomic mass is 10.1. The van der Waals surface area contributed by atoms with Crippen LogP contribution in [0, 0.1) is 13.8 Å². The number of nitrogens with zero attached hydrogens (tertiary/aromatic N) is 5. The minimum Gasteiger partial charge on any atom is -0.293 e. The molecule has 26 heavy (non-hydrogen) atoms. The van der Waals surface area contributed by atoms with E-state index in [-0.39, 0.29) is 6.54 Å². The third kappa shape index (κ3) is 4.33. The fourth-order valence-electron chi connectivity index (χ4n) is 3.51. The lowest BCUT2D eigenvalue weighted by Gasteiger charge is -2.19. The van der Waals surface area contributed by atoms with Crippen molar-refractivity contribution in [1.29, 1.82) is 0 Å². The van der Waals surface area contributed by atoms with E-state index in [9.17, 15) is 8.42 Å². The van der Waals surface area contributed by atoms with Crippen LogP contribution in [0.3, 0.4) is 0 Å². The first-order valence-corrected chi connectivity index (χ1v) is 10.9. The van der Waals surface area contributed by atoms with Gasteiger partial charge >= 0.3 is 0 Å². The first kappa shape index (κ1) is 19.1. The summed E-state index contributed by atoms with van der Waals surface area (Å²) in [6.07, 6.45) is 2.19. The second kappa shape index (κ2) is 7.50. The van der Waals surface area contributed by atoms with Crippen LogP contribution in [-0.4, -0.2) is 45.7 Å². The molecule has 0 fully saturated rings. The Morgan fingerprint density at radius 3 is 2.65 bits per heavy atom. The SMILES string of the molecule is CCn1nc(C)c(CN2CCCn3nc(CNS(C)(=O)=O)cc3C2)c1C. The van der Waals surface area contributed by atoms with Crippen LogP contribution in [0.15, 0.2) is 6.07 Å². The van der Waals surface area contributed by atoms with Crippen molar-refractivity contribution in [2.24, 2.45) is 0 Å². The van der Waals surface area contributed by atoms with Crippen LogP contribution < -0.4 is 4.72 Å². The summed E-state index contributed by atoms with van der Waals surface area (Å²) in [6, 6.07) is 2.01. The van der Waals surface area contributed by atoms with Gasteiger partial charge < -0.3 is 0 Å². The van der Waals surface area contributed by atoms with Crippen LogP contribution in [0.2, 0.25) is 0 Å². The summed E-state index contributed by atoms with van der Waals surface area (Å²) >= 11 is 0. The molecule has 0 saturated carbocycles. The van der Waals surface area contributed by atoms with Gasteiger partial charge in [0.2, 0.25) is 10.0 Å². The normalized spacial score (nSPS) is 15.8. The van der Waals surface area contributed by atoms with Crippen molar-refractivity contribution in [2.45, 2.75) is 59.9 Å². The van der Waals surface area contributed by atoms with E-state index in [2.05, 4.69) is 45.3 Å². The number of sulfonamides is 1. The zero-order valence-electron chi connectivity index (χ0n) is 16.0. The molecule has 0 aliphatic carbocycles. The molecule has 3 heterocycles. The van der Waals surface area contributed by atoms with Crippen molar-refractivity contribution in [3.05, 3.63) is 34.4 Å². The highest BCUT2D eigenvalue weighted by atomic mass is 32.2. The molecular weight excluding hydrogens is 352 g/mol. The second-order valence-corrected chi connectivity index (χ2v) is 8.81. The van der Waals surface area contributed by atoms with E-state index >= 15 is 0 Å². The molecule has 3 rings (SSSR count). The number of aryl methyl sites for hydroxylation is 3. The highest BCUT2D eigenvalue weighted by molar-refractivity contribution is 7.88. The van der Waals surface area contributed by atoms with E-state index in [0.29, 0.717) is 0 Å². The highest BCUT2D eigenvalue weighted by Crippen LogP contribution is 2.20. The van der Waals surface area contributed by atoms with E-state index < -0.39 is 10.0 Å². The quantitative estimate of drug-likeness (QED) is 0.813. The van der Waals surface area contributed by atoms with Gasteiger partial charge in [-0.15, -0.1) is 0 Å². The third-order valence-corrected chi connectivity index (χ3v) is 5.54. The maximum atomic E-state index is 11.3. The van der Waals surface area contributed by atoms with Gasteiger partial charge in [0.15, 0.2) is 0 Å². The minimum atomic E-state index is -3.21. The summed E-state index contributed by atoms with van der Waals surface area (Å²) in [7, 11) is -3.21. The Hall–Kier alpha value is -1.71. The molecule has 144 valence electrons. The molecule has 8 nitrogen and oxygen atoms in total. The predicted molar refractivity (Wildman–Crippen MR) is 100 cm³/mol. The number of hydrogen-bond acceptors (Lipinski definition) is 5. The molecule has 1 aliphatic rings. The fraction of sp³-hybridized carbons (Fsp3) is 0.647. The third-order valence-electron chi connectivity index (χ3n) is 4.87. The van der Waals surface area contributed by atoms with Gasteiger partial charge in [0.25, 0.3) is 0 Å². The summed E-state index contributed by atoms with van der Waals surface area (Å²) < 4.78 is 29.1. The van der Waals surface area contributed by atoms with Crippen LogP contribution in [-0.2, 0) is 42.7 Å². The van der Waals surface area contributed by atoms with Crippen LogP contribution in [0.4, 0.5) is 0 Å². The number of rotatable bonds is 6. The van der Waals surface area contributed by atoms with Gasteiger partial charge in [0.1, 0.15) is 0 Å². The van der Waals surface area contributed by atoms with Crippen LogP contribution >= 0.6 is 0 Å². The van der Waals surface area contributed by atoms with Crippen molar-refractivity contribution < 1.29 is 8.42 Å². The summed E-state index contributed by atoms with van der Waals surface area (Å²) in [6.45, 7) is 11.0. The van der Waals surface area contributed by atoms with E-state index in [1.54, 1.807) is 0 Å². The number of fused-ring (bicyclic) bond motifs is 1. The van der Waals surface area contributed by atoms with Gasteiger partial charge in [-0.05, 0) is 33.3 Å². The highest BCUT2D eigenvalue weighted by Gasteiger charge is 2.20. The Kier molecular flexibility index (Phi) is 5.50. The minimum absolute atomic E-state index is 0.236. The van der Waals surface area contributed by atoms with Gasteiger partial charge in [0.05, 0.1) is 29.9 Å². The largest absolute Gasteiger partial charge is 0.293 e. The molecule has 0 radical (unpaired) electrons. The number of nitrogens with one attached hydrogen (secondary N) is 1. The van der Waals surface area contributed by atoms with E-state index in [1.807, 2.05) is 10.7 Å². The van der Waals surface area contributed by atoms with Crippen molar-refractivity contribution in [2.75, 3.05) is 12.8 Å². The van der Waals surface area contributed by atoms with Crippen molar-refractivity contribution in [1.82, 2.24) is 29.2 Å². The average Bonchev–Trinajstić information content (AvgIpc) is 3.00. The molecule has 0 saturated heterocycles. The smallest absolute Gasteiger partial charge is 0.209 e. The second-order valence-electron chi connectivity index (χ2n) is 6.97. The molecule has 1 N–H and O–H groups in total.